The van der Waals surface area contributed by atoms with Crippen molar-refractivity contribution in [3.8, 4) is 0 Å². The smallest absolute Gasteiger partial charge is 0.335 e. The summed E-state index contributed by atoms with van der Waals surface area (Å²) in [6.07, 6.45) is 4.73. The Morgan fingerprint density at radius 3 is 2.94 bits per heavy atom. The average Bonchev–Trinajstić information content (AvgIpc) is 2.30. The zero-order chi connectivity index (χ0) is 12.7. The van der Waals surface area contributed by atoms with E-state index in [0.717, 1.165) is 0 Å². The number of hydrogen-bond donors (Lipinski definition) is 1. The van der Waals surface area contributed by atoms with Gasteiger partial charge in [-0.05, 0) is 25.1 Å². The largest absolute Gasteiger partial charge is 0.478 e. The van der Waals surface area contributed by atoms with Gasteiger partial charge >= 0.3 is 11.9 Å². The molecule has 0 fully saturated rings. The van der Waals surface area contributed by atoms with E-state index < -0.39 is 5.97 Å². The summed E-state index contributed by atoms with van der Waals surface area (Å²) < 4.78 is 4.74. The molecule has 0 aromatic carbocycles. The number of pyridine rings is 1. The molecule has 90 valence electrons. The Kier molecular flexibility index (Phi) is 4.87. The maximum Gasteiger partial charge on any atom is 0.335 e. The van der Waals surface area contributed by atoms with E-state index in [9.17, 15) is 9.59 Å². The molecular formula is C12H13NO4. The van der Waals surface area contributed by atoms with Gasteiger partial charge in [-0.15, -0.1) is 0 Å². The molecule has 0 radical (unpaired) electrons. The summed E-state index contributed by atoms with van der Waals surface area (Å²) in [7, 11) is 0. The molecule has 0 spiro atoms. The van der Waals surface area contributed by atoms with E-state index in [1.807, 2.05) is 0 Å². The number of esters is 1. The van der Waals surface area contributed by atoms with Gasteiger partial charge in [-0.1, -0.05) is 6.08 Å². The molecule has 1 heterocycles. The summed E-state index contributed by atoms with van der Waals surface area (Å²) in [4.78, 5) is 25.7. The molecule has 5 nitrogen and oxygen atoms in total. The predicted octanol–water partition coefficient (Wildman–Crippen LogP) is 1.75. The molecule has 0 atom stereocenters. The van der Waals surface area contributed by atoms with E-state index in [0.29, 0.717) is 12.3 Å². The molecule has 0 bridgehead atoms. The molecule has 0 amide bonds. The van der Waals surface area contributed by atoms with Gasteiger partial charge < -0.3 is 9.84 Å². The number of rotatable bonds is 5. The second kappa shape index (κ2) is 6.42. The number of carboxylic acid groups (broad SMARTS) is 1. The van der Waals surface area contributed by atoms with E-state index in [1.165, 1.54) is 18.3 Å². The maximum atomic E-state index is 11.0. The molecule has 0 aliphatic heterocycles. The highest BCUT2D eigenvalue weighted by Gasteiger charge is 2.02. The third kappa shape index (κ3) is 4.46. The first kappa shape index (κ1) is 12.9. The minimum atomic E-state index is -1.01. The zero-order valence-corrected chi connectivity index (χ0v) is 9.42. The van der Waals surface area contributed by atoms with Gasteiger partial charge in [0.2, 0.25) is 0 Å². The van der Waals surface area contributed by atoms with Crippen molar-refractivity contribution in [3.05, 3.63) is 35.7 Å². The van der Waals surface area contributed by atoms with Gasteiger partial charge in [0.1, 0.15) is 0 Å². The fourth-order valence-electron chi connectivity index (χ4n) is 1.17. The van der Waals surface area contributed by atoms with E-state index in [2.05, 4.69) is 4.98 Å². The maximum absolute atomic E-state index is 11.0. The summed E-state index contributed by atoms with van der Waals surface area (Å²) in [5.74, 6) is -1.33. The molecule has 5 heteroatoms. The van der Waals surface area contributed by atoms with Crippen LogP contribution in [-0.2, 0) is 9.53 Å². The predicted molar refractivity (Wildman–Crippen MR) is 61.5 cm³/mol. The van der Waals surface area contributed by atoms with Crippen LogP contribution in [-0.4, -0.2) is 28.6 Å². The summed E-state index contributed by atoms with van der Waals surface area (Å²) >= 11 is 0. The van der Waals surface area contributed by atoms with Crippen molar-refractivity contribution in [1.82, 2.24) is 4.98 Å². The van der Waals surface area contributed by atoms with Crippen LogP contribution in [0.15, 0.2) is 24.4 Å². The Bertz CT molecular complexity index is 440. The van der Waals surface area contributed by atoms with Crippen molar-refractivity contribution in [3.63, 3.8) is 0 Å². The molecule has 17 heavy (non-hydrogen) atoms. The monoisotopic (exact) mass is 235 g/mol. The highest BCUT2D eigenvalue weighted by Crippen LogP contribution is 2.04. The van der Waals surface area contributed by atoms with Crippen molar-refractivity contribution >= 4 is 18.0 Å². The van der Waals surface area contributed by atoms with Crippen LogP contribution in [0.2, 0.25) is 0 Å². The number of aromatic nitrogens is 1. The second-order valence-corrected chi connectivity index (χ2v) is 3.19. The zero-order valence-electron chi connectivity index (χ0n) is 9.42. The summed E-state index contributed by atoms with van der Waals surface area (Å²) in [5, 5.41) is 8.77. The van der Waals surface area contributed by atoms with Crippen LogP contribution >= 0.6 is 0 Å². The number of aromatic carboxylic acids is 1. The summed E-state index contributed by atoms with van der Waals surface area (Å²) in [6.45, 7) is 2.08. The molecule has 1 N–H and O–H groups in total. The van der Waals surface area contributed by atoms with Crippen LogP contribution in [0.1, 0.15) is 29.4 Å². The Morgan fingerprint density at radius 2 is 2.29 bits per heavy atom. The second-order valence-electron chi connectivity index (χ2n) is 3.19. The molecule has 0 aliphatic rings. The highest BCUT2D eigenvalue weighted by molar-refractivity contribution is 5.88. The van der Waals surface area contributed by atoms with E-state index in [4.69, 9.17) is 9.84 Å². The van der Waals surface area contributed by atoms with E-state index in [1.54, 1.807) is 19.1 Å². The molecule has 1 rings (SSSR count). The standard InChI is InChI=1S/C12H13NO4/c1-2-17-11(14)5-3-4-10-8-9(12(15)16)6-7-13-10/h3-4,6-8H,2,5H2,1H3,(H,15,16). The van der Waals surface area contributed by atoms with Crippen LogP contribution in [0.4, 0.5) is 0 Å². The van der Waals surface area contributed by atoms with Crippen LogP contribution in [0.25, 0.3) is 6.08 Å². The molecule has 0 aliphatic carbocycles. The minimum absolute atomic E-state index is 0.146. The van der Waals surface area contributed by atoms with Crippen molar-refractivity contribution in [2.24, 2.45) is 0 Å². The first-order chi connectivity index (χ1) is 8.13. The average molecular weight is 235 g/mol. The first-order valence-electron chi connectivity index (χ1n) is 5.15. The third-order valence-electron chi connectivity index (χ3n) is 1.91. The van der Waals surface area contributed by atoms with Crippen LogP contribution in [0.5, 0.6) is 0 Å². The van der Waals surface area contributed by atoms with Crippen LogP contribution in [0.3, 0.4) is 0 Å². The lowest BCUT2D eigenvalue weighted by molar-refractivity contribution is -0.142. The topological polar surface area (TPSA) is 76.5 Å². The van der Waals surface area contributed by atoms with Crippen molar-refractivity contribution in [2.75, 3.05) is 6.61 Å². The molecule has 1 aromatic rings. The Morgan fingerprint density at radius 1 is 1.53 bits per heavy atom. The van der Waals surface area contributed by atoms with Gasteiger partial charge in [0.25, 0.3) is 0 Å². The number of ether oxygens (including phenoxy) is 1. The fraction of sp³-hybridized carbons (Fsp3) is 0.250. The molecular weight excluding hydrogens is 222 g/mol. The molecule has 1 aromatic heterocycles. The normalized spacial score (nSPS) is 10.4. The summed E-state index contributed by atoms with van der Waals surface area (Å²) in [6, 6.07) is 2.84. The highest BCUT2D eigenvalue weighted by atomic mass is 16.5. The summed E-state index contributed by atoms with van der Waals surface area (Å²) in [5.41, 5.74) is 0.657. The Hall–Kier alpha value is -2.17. The lowest BCUT2D eigenvalue weighted by Crippen LogP contribution is -2.01. The lowest BCUT2D eigenvalue weighted by Gasteiger charge is -1.97. The van der Waals surface area contributed by atoms with E-state index in [-0.39, 0.29) is 18.0 Å². The SMILES string of the molecule is CCOC(=O)CC=Cc1cc(C(=O)O)ccn1. The Balaban J connectivity index is 2.62. The number of nitrogens with zero attached hydrogens (tertiary/aromatic N) is 1. The quantitative estimate of drug-likeness (QED) is 0.787. The Labute approximate surface area is 98.7 Å². The number of carbonyl (C=O) groups excluding carboxylic acids is 1. The molecule has 0 saturated carbocycles. The lowest BCUT2D eigenvalue weighted by atomic mass is 10.2. The molecule has 0 unspecified atom stereocenters. The molecule has 0 saturated heterocycles. The van der Waals surface area contributed by atoms with Gasteiger partial charge in [0.15, 0.2) is 0 Å². The van der Waals surface area contributed by atoms with Gasteiger partial charge in [0, 0.05) is 6.20 Å². The fourth-order valence-corrected chi connectivity index (χ4v) is 1.17. The van der Waals surface area contributed by atoms with Gasteiger partial charge in [-0.25, -0.2) is 4.79 Å². The minimum Gasteiger partial charge on any atom is -0.478 e. The first-order valence-corrected chi connectivity index (χ1v) is 5.15. The van der Waals surface area contributed by atoms with Crippen LogP contribution in [0, 0.1) is 0 Å². The van der Waals surface area contributed by atoms with Crippen LogP contribution < -0.4 is 0 Å². The van der Waals surface area contributed by atoms with E-state index >= 15 is 0 Å². The van der Waals surface area contributed by atoms with Gasteiger partial charge in [0.05, 0.1) is 24.3 Å². The van der Waals surface area contributed by atoms with Crippen molar-refractivity contribution in [1.29, 1.82) is 0 Å². The van der Waals surface area contributed by atoms with Crippen molar-refractivity contribution in [2.45, 2.75) is 13.3 Å². The van der Waals surface area contributed by atoms with Gasteiger partial charge in [-0.3, -0.25) is 9.78 Å². The number of carbonyl (C=O) groups is 2. The number of carboxylic acids is 1. The van der Waals surface area contributed by atoms with Gasteiger partial charge in [-0.2, -0.15) is 0 Å². The third-order valence-corrected chi connectivity index (χ3v) is 1.91. The van der Waals surface area contributed by atoms with Crippen molar-refractivity contribution < 1.29 is 19.4 Å². The number of hydrogen-bond acceptors (Lipinski definition) is 4.